The number of ether oxygens (including phenoxy) is 1. The van der Waals surface area contributed by atoms with Crippen LogP contribution >= 0.6 is 0 Å². The summed E-state index contributed by atoms with van der Waals surface area (Å²) >= 11 is 0. The van der Waals surface area contributed by atoms with E-state index in [1.165, 1.54) is 0 Å². The number of rotatable bonds is 5. The van der Waals surface area contributed by atoms with Gasteiger partial charge >= 0.3 is 0 Å². The first kappa shape index (κ1) is 16.8. The van der Waals surface area contributed by atoms with E-state index in [0.29, 0.717) is 22.9 Å². The van der Waals surface area contributed by atoms with Gasteiger partial charge in [-0.1, -0.05) is 38.5 Å². The smallest absolute Gasteiger partial charge is 0.286 e. The van der Waals surface area contributed by atoms with E-state index in [9.17, 15) is 13.0 Å². The van der Waals surface area contributed by atoms with Crippen molar-refractivity contribution < 1.29 is 17.7 Å². The molecular weight excluding hydrogens is 326 g/mol. The molecule has 3 rings (SSSR count). The van der Waals surface area contributed by atoms with Crippen LogP contribution in [0.5, 0.6) is 11.5 Å². The molecule has 1 unspecified atom stereocenters. The van der Waals surface area contributed by atoms with Gasteiger partial charge in [0.05, 0.1) is 11.4 Å². The number of nitrogens with zero attached hydrogens (tertiary/aromatic N) is 1. The molecular formula is C18H21NO4S. The highest BCUT2D eigenvalue weighted by atomic mass is 32.2. The summed E-state index contributed by atoms with van der Waals surface area (Å²) in [5.41, 5.74) is 2.42. The van der Waals surface area contributed by atoms with Gasteiger partial charge in [-0.05, 0) is 42.7 Å². The number of hydrogen-bond donors (Lipinski definition) is 1. The molecule has 0 spiro atoms. The van der Waals surface area contributed by atoms with Crippen molar-refractivity contribution in [1.29, 1.82) is 0 Å². The molecule has 1 atom stereocenters. The van der Waals surface area contributed by atoms with Crippen LogP contribution in [-0.4, -0.2) is 18.3 Å². The monoisotopic (exact) mass is 347 g/mol. The first-order valence-corrected chi connectivity index (χ1v) is 9.61. The second-order valence-electron chi connectivity index (χ2n) is 5.87. The maximum absolute atomic E-state index is 12.0. The van der Waals surface area contributed by atoms with Crippen molar-refractivity contribution in [2.75, 3.05) is 4.90 Å². The highest BCUT2D eigenvalue weighted by molar-refractivity contribution is 7.86. The van der Waals surface area contributed by atoms with Crippen LogP contribution in [0, 0.1) is 0 Å². The van der Waals surface area contributed by atoms with Gasteiger partial charge in [-0.15, -0.1) is 0 Å². The maximum atomic E-state index is 12.0. The van der Waals surface area contributed by atoms with Crippen LogP contribution in [0.2, 0.25) is 0 Å². The summed E-state index contributed by atoms with van der Waals surface area (Å²) in [6.45, 7) is 3.84. The number of hydrogen-bond acceptors (Lipinski definition) is 4. The van der Waals surface area contributed by atoms with E-state index >= 15 is 0 Å². The molecule has 0 fully saturated rings. The fraction of sp³-hybridized carbons (Fsp3) is 0.333. The lowest BCUT2D eigenvalue weighted by Gasteiger charge is -2.36. The van der Waals surface area contributed by atoms with Crippen LogP contribution < -0.4 is 9.64 Å². The van der Waals surface area contributed by atoms with Crippen LogP contribution in [0.4, 0.5) is 11.4 Å². The van der Waals surface area contributed by atoms with Crippen molar-refractivity contribution in [3.63, 3.8) is 0 Å². The quantitative estimate of drug-likeness (QED) is 0.806. The van der Waals surface area contributed by atoms with Crippen molar-refractivity contribution in [3.05, 3.63) is 48.0 Å². The molecule has 5 nitrogen and oxygen atoms in total. The summed E-state index contributed by atoms with van der Waals surface area (Å²) in [5, 5.41) is -1.06. The standard InChI is InChI=1S/C18H21NO4S/c1-3-7-13-10-11-17-15(12-13)19(18(4-2)24(20,21)22)14-8-5-6-9-16(14)23-17/h5-6,8-12,18H,3-4,7H2,1-2H3,(H,20,21,22). The van der Waals surface area contributed by atoms with E-state index in [2.05, 4.69) is 6.92 Å². The fourth-order valence-electron chi connectivity index (χ4n) is 3.11. The summed E-state index contributed by atoms with van der Waals surface area (Å²) in [6, 6.07) is 13.1. The highest BCUT2D eigenvalue weighted by Crippen LogP contribution is 2.48. The Morgan fingerprint density at radius 3 is 2.46 bits per heavy atom. The van der Waals surface area contributed by atoms with E-state index in [1.807, 2.05) is 30.3 Å². The maximum Gasteiger partial charge on any atom is 0.286 e. The minimum absolute atomic E-state index is 0.255. The molecule has 0 saturated carbocycles. The minimum atomic E-state index is -4.25. The number of benzene rings is 2. The van der Waals surface area contributed by atoms with Crippen LogP contribution in [0.1, 0.15) is 32.3 Å². The molecule has 2 aromatic carbocycles. The van der Waals surface area contributed by atoms with Gasteiger partial charge in [-0.3, -0.25) is 4.55 Å². The largest absolute Gasteiger partial charge is 0.453 e. The zero-order chi connectivity index (χ0) is 17.3. The topological polar surface area (TPSA) is 66.8 Å². The third-order valence-electron chi connectivity index (χ3n) is 4.15. The van der Waals surface area contributed by atoms with Crippen molar-refractivity contribution in [3.8, 4) is 11.5 Å². The lowest BCUT2D eigenvalue weighted by Crippen LogP contribution is -2.38. The molecule has 0 amide bonds. The van der Waals surface area contributed by atoms with E-state index < -0.39 is 15.5 Å². The SMILES string of the molecule is CCCc1ccc2c(c1)N(C(CC)S(=O)(=O)O)c1ccccc1O2. The lowest BCUT2D eigenvalue weighted by atomic mass is 10.1. The number of fused-ring (bicyclic) bond motifs is 2. The van der Waals surface area contributed by atoms with Crippen molar-refractivity contribution in [2.24, 2.45) is 0 Å². The van der Waals surface area contributed by atoms with Crippen LogP contribution in [0.25, 0.3) is 0 Å². The molecule has 6 heteroatoms. The van der Waals surface area contributed by atoms with Crippen molar-refractivity contribution in [1.82, 2.24) is 0 Å². The Bertz CT molecular complexity index is 848. The van der Waals surface area contributed by atoms with E-state index in [1.54, 1.807) is 24.0 Å². The molecule has 2 aromatic rings. The summed E-state index contributed by atoms with van der Waals surface area (Å²) < 4.78 is 39.6. The molecule has 1 heterocycles. The predicted octanol–water partition coefficient (Wildman–Crippen LogP) is 4.51. The Labute approximate surface area is 142 Å². The number of anilines is 2. The summed E-state index contributed by atoms with van der Waals surface area (Å²) in [5.74, 6) is 1.17. The minimum Gasteiger partial charge on any atom is -0.453 e. The molecule has 24 heavy (non-hydrogen) atoms. The summed E-state index contributed by atoms with van der Waals surface area (Å²) in [6.07, 6.45) is 2.14. The van der Waals surface area contributed by atoms with Crippen LogP contribution in [0.3, 0.4) is 0 Å². The molecule has 128 valence electrons. The normalized spacial score (nSPS) is 14.5. The third kappa shape index (κ3) is 2.99. The van der Waals surface area contributed by atoms with E-state index in [0.717, 1.165) is 18.4 Å². The Kier molecular flexibility index (Phi) is 4.51. The lowest BCUT2D eigenvalue weighted by molar-refractivity contribution is 0.451. The van der Waals surface area contributed by atoms with Crippen LogP contribution in [-0.2, 0) is 16.5 Å². The first-order chi connectivity index (χ1) is 11.5. The average Bonchev–Trinajstić information content (AvgIpc) is 2.54. The number of para-hydroxylation sites is 2. The Balaban J connectivity index is 2.21. The molecule has 1 aliphatic heterocycles. The molecule has 0 saturated heterocycles. The van der Waals surface area contributed by atoms with Gasteiger partial charge in [-0.25, -0.2) is 0 Å². The molecule has 0 aliphatic carbocycles. The highest BCUT2D eigenvalue weighted by Gasteiger charge is 2.35. The van der Waals surface area contributed by atoms with Gasteiger partial charge in [0, 0.05) is 0 Å². The van der Waals surface area contributed by atoms with E-state index in [4.69, 9.17) is 4.74 Å². The Morgan fingerprint density at radius 2 is 1.79 bits per heavy atom. The molecule has 0 radical (unpaired) electrons. The zero-order valence-corrected chi connectivity index (χ0v) is 14.6. The molecule has 0 bridgehead atoms. The van der Waals surface area contributed by atoms with Gasteiger partial charge in [0.1, 0.15) is 0 Å². The zero-order valence-electron chi connectivity index (χ0n) is 13.8. The molecule has 1 N–H and O–H groups in total. The van der Waals surface area contributed by atoms with E-state index in [-0.39, 0.29) is 6.42 Å². The van der Waals surface area contributed by atoms with Gasteiger partial charge in [-0.2, -0.15) is 8.42 Å². The summed E-state index contributed by atoms with van der Waals surface area (Å²) in [7, 11) is -4.25. The Morgan fingerprint density at radius 1 is 1.08 bits per heavy atom. The average molecular weight is 347 g/mol. The first-order valence-electron chi connectivity index (χ1n) is 8.11. The van der Waals surface area contributed by atoms with Gasteiger partial charge in [0.2, 0.25) is 0 Å². The number of aryl methyl sites for hydroxylation is 1. The van der Waals surface area contributed by atoms with Gasteiger partial charge < -0.3 is 9.64 Å². The van der Waals surface area contributed by atoms with Crippen molar-refractivity contribution >= 4 is 21.5 Å². The predicted molar refractivity (Wildman–Crippen MR) is 94.7 cm³/mol. The van der Waals surface area contributed by atoms with Gasteiger partial charge in [0.15, 0.2) is 16.9 Å². The molecule has 0 aromatic heterocycles. The van der Waals surface area contributed by atoms with Gasteiger partial charge in [0.25, 0.3) is 10.1 Å². The fourth-order valence-corrected chi connectivity index (χ4v) is 4.02. The van der Waals surface area contributed by atoms with Crippen LogP contribution in [0.15, 0.2) is 42.5 Å². The third-order valence-corrected chi connectivity index (χ3v) is 5.38. The summed E-state index contributed by atoms with van der Waals surface area (Å²) in [4.78, 5) is 1.67. The second kappa shape index (κ2) is 6.45. The Hall–Kier alpha value is -2.05. The van der Waals surface area contributed by atoms with Crippen molar-refractivity contribution in [2.45, 2.75) is 38.5 Å². The second-order valence-corrected chi connectivity index (χ2v) is 7.44. The molecule has 1 aliphatic rings.